The number of Topliss-reactive ketones (excluding diaryl/α,β-unsaturated/α-hetero) is 1. The van der Waals surface area contributed by atoms with Crippen LogP contribution in [0.25, 0.3) is 0 Å². The second kappa shape index (κ2) is 3.34. The number of hydrogen-bond donors (Lipinski definition) is 1. The molecule has 0 spiro atoms. The van der Waals surface area contributed by atoms with E-state index in [1.54, 1.807) is 0 Å². The molecule has 12 heavy (non-hydrogen) atoms. The smallest absolute Gasteiger partial charge is 0.268 e. The van der Waals surface area contributed by atoms with Crippen LogP contribution in [0.2, 0.25) is 0 Å². The zero-order valence-corrected chi connectivity index (χ0v) is 6.96. The van der Waals surface area contributed by atoms with E-state index in [1.165, 1.54) is 14.0 Å². The normalized spacial score (nSPS) is 21.2. The maximum absolute atomic E-state index is 10.9. The third kappa shape index (κ3) is 1.61. The van der Waals surface area contributed by atoms with E-state index in [4.69, 9.17) is 4.84 Å². The first kappa shape index (κ1) is 8.70. The van der Waals surface area contributed by atoms with Crippen LogP contribution in [0.3, 0.4) is 0 Å². The monoisotopic (exact) mass is 170 g/mol. The van der Waals surface area contributed by atoms with Crippen molar-refractivity contribution in [3.8, 4) is 0 Å². The van der Waals surface area contributed by atoms with E-state index in [0.717, 1.165) is 0 Å². The molecule has 1 aliphatic rings. The van der Waals surface area contributed by atoms with Crippen LogP contribution in [-0.4, -0.2) is 30.6 Å². The van der Waals surface area contributed by atoms with Crippen molar-refractivity contribution in [1.29, 1.82) is 0 Å². The predicted molar refractivity (Wildman–Crippen MR) is 41.7 cm³/mol. The van der Waals surface area contributed by atoms with Crippen molar-refractivity contribution >= 4 is 17.4 Å². The Labute approximate surface area is 69.8 Å². The molecule has 0 aliphatic carbocycles. The number of nitrogens with one attached hydrogen (secondary N) is 1. The van der Waals surface area contributed by atoms with Gasteiger partial charge in [0.25, 0.3) is 5.91 Å². The number of rotatable bonds is 2. The molecule has 0 radical (unpaired) electrons. The summed E-state index contributed by atoms with van der Waals surface area (Å²) < 4.78 is 0. The first-order chi connectivity index (χ1) is 5.65. The van der Waals surface area contributed by atoms with Gasteiger partial charge in [-0.25, -0.2) is 0 Å². The third-order valence-electron chi connectivity index (χ3n) is 1.61. The molecule has 5 nitrogen and oxygen atoms in total. The summed E-state index contributed by atoms with van der Waals surface area (Å²) in [5.74, 6) is -0.406. The van der Waals surface area contributed by atoms with Gasteiger partial charge in [0.15, 0.2) is 11.9 Å². The third-order valence-corrected chi connectivity index (χ3v) is 1.61. The molecule has 1 amide bonds. The molecule has 1 heterocycles. The zero-order valence-electron chi connectivity index (χ0n) is 6.96. The van der Waals surface area contributed by atoms with Gasteiger partial charge in [0.2, 0.25) is 0 Å². The maximum Gasteiger partial charge on any atom is 0.268 e. The lowest BCUT2D eigenvalue weighted by atomic mass is 10.1. The zero-order chi connectivity index (χ0) is 9.14. The number of nitrogens with zero attached hydrogens (tertiary/aromatic N) is 1. The maximum atomic E-state index is 10.9. The Hall–Kier alpha value is -1.39. The average Bonchev–Trinajstić information content (AvgIpc) is 2.51. The Morgan fingerprint density at radius 2 is 2.33 bits per heavy atom. The van der Waals surface area contributed by atoms with Gasteiger partial charge in [-0.05, 0) is 6.92 Å². The van der Waals surface area contributed by atoms with Crippen molar-refractivity contribution in [3.63, 3.8) is 0 Å². The molecule has 5 heteroatoms. The Balaban J connectivity index is 2.54. The van der Waals surface area contributed by atoms with Crippen LogP contribution in [0.1, 0.15) is 13.3 Å². The van der Waals surface area contributed by atoms with Crippen molar-refractivity contribution < 1.29 is 14.4 Å². The van der Waals surface area contributed by atoms with Gasteiger partial charge >= 0.3 is 0 Å². The molecule has 1 atom stereocenters. The molecule has 1 unspecified atom stereocenters. The van der Waals surface area contributed by atoms with Crippen LogP contribution < -0.4 is 5.32 Å². The van der Waals surface area contributed by atoms with Crippen molar-refractivity contribution in [2.45, 2.75) is 19.4 Å². The number of amides is 1. The SMILES string of the molecule is CNC(=O)C1=NOC(C(C)=O)C1. The number of oxime groups is 1. The van der Waals surface area contributed by atoms with E-state index < -0.39 is 6.10 Å². The fourth-order valence-corrected chi connectivity index (χ4v) is 0.874. The first-order valence-corrected chi connectivity index (χ1v) is 3.60. The van der Waals surface area contributed by atoms with Crippen molar-refractivity contribution in [2.24, 2.45) is 5.16 Å². The van der Waals surface area contributed by atoms with E-state index in [9.17, 15) is 9.59 Å². The van der Waals surface area contributed by atoms with Gasteiger partial charge in [-0.2, -0.15) is 0 Å². The van der Waals surface area contributed by atoms with E-state index in [1.807, 2.05) is 0 Å². The van der Waals surface area contributed by atoms with Gasteiger partial charge < -0.3 is 10.2 Å². The molecular weight excluding hydrogens is 160 g/mol. The highest BCUT2D eigenvalue weighted by Crippen LogP contribution is 2.10. The summed E-state index contributed by atoms with van der Waals surface area (Å²) in [7, 11) is 1.51. The van der Waals surface area contributed by atoms with Gasteiger partial charge in [0, 0.05) is 13.5 Å². The molecule has 0 aromatic heterocycles. The van der Waals surface area contributed by atoms with Gasteiger partial charge in [0.05, 0.1) is 0 Å². The van der Waals surface area contributed by atoms with Crippen molar-refractivity contribution in [2.75, 3.05) is 7.05 Å². The number of hydrogen-bond acceptors (Lipinski definition) is 4. The number of carbonyl (C=O) groups is 2. The summed E-state index contributed by atoms with van der Waals surface area (Å²) >= 11 is 0. The lowest BCUT2D eigenvalue weighted by Crippen LogP contribution is -2.28. The molecule has 0 saturated heterocycles. The minimum absolute atomic E-state index is 0.113. The first-order valence-electron chi connectivity index (χ1n) is 3.60. The van der Waals surface area contributed by atoms with Gasteiger partial charge in [-0.15, -0.1) is 0 Å². The molecule has 1 N–H and O–H groups in total. The van der Waals surface area contributed by atoms with Crippen LogP contribution >= 0.6 is 0 Å². The van der Waals surface area contributed by atoms with Gasteiger partial charge in [0.1, 0.15) is 5.71 Å². The molecule has 0 saturated carbocycles. The molecule has 66 valence electrons. The van der Waals surface area contributed by atoms with Crippen LogP contribution in [0, 0.1) is 0 Å². The predicted octanol–water partition coefficient (Wildman–Crippen LogP) is -0.534. The molecule has 0 fully saturated rings. The van der Waals surface area contributed by atoms with Crippen LogP contribution in [-0.2, 0) is 14.4 Å². The topological polar surface area (TPSA) is 67.8 Å². The van der Waals surface area contributed by atoms with Crippen LogP contribution in [0.15, 0.2) is 5.16 Å². The minimum Gasteiger partial charge on any atom is -0.384 e. The minimum atomic E-state index is -0.572. The summed E-state index contributed by atoms with van der Waals surface area (Å²) in [5.41, 5.74) is 0.276. The molecule has 1 aliphatic heterocycles. The largest absolute Gasteiger partial charge is 0.384 e. The highest BCUT2D eigenvalue weighted by Gasteiger charge is 2.28. The summed E-state index contributed by atoms with van der Waals surface area (Å²) in [6, 6.07) is 0. The highest BCUT2D eigenvalue weighted by molar-refractivity contribution is 6.39. The second-order valence-corrected chi connectivity index (χ2v) is 2.53. The highest BCUT2D eigenvalue weighted by atomic mass is 16.6. The standard InChI is InChI=1S/C7H10N2O3/c1-4(10)6-3-5(9-12-6)7(11)8-2/h6H,3H2,1-2H3,(H,8,11). The molecule has 0 bridgehead atoms. The summed E-state index contributed by atoms with van der Waals surface area (Å²) in [5, 5.41) is 5.90. The van der Waals surface area contributed by atoms with Gasteiger partial charge in [-0.3, -0.25) is 9.59 Å². The average molecular weight is 170 g/mol. The number of ketones is 1. The van der Waals surface area contributed by atoms with E-state index in [-0.39, 0.29) is 23.8 Å². The van der Waals surface area contributed by atoms with Crippen LogP contribution in [0.4, 0.5) is 0 Å². The van der Waals surface area contributed by atoms with Crippen molar-refractivity contribution in [1.82, 2.24) is 5.32 Å². The Bertz CT molecular complexity index is 247. The Kier molecular flexibility index (Phi) is 2.42. The van der Waals surface area contributed by atoms with E-state index in [2.05, 4.69) is 10.5 Å². The summed E-state index contributed by atoms with van der Waals surface area (Å²) in [6.45, 7) is 1.41. The Morgan fingerprint density at radius 3 is 2.75 bits per heavy atom. The lowest BCUT2D eigenvalue weighted by Gasteiger charge is -2.00. The number of carbonyl (C=O) groups excluding carboxylic acids is 2. The van der Waals surface area contributed by atoms with Gasteiger partial charge in [-0.1, -0.05) is 5.16 Å². The van der Waals surface area contributed by atoms with Crippen LogP contribution in [0.5, 0.6) is 0 Å². The quantitative estimate of drug-likeness (QED) is 0.605. The van der Waals surface area contributed by atoms with E-state index >= 15 is 0 Å². The Morgan fingerprint density at radius 1 is 1.67 bits per heavy atom. The molecule has 0 aromatic carbocycles. The van der Waals surface area contributed by atoms with Crippen molar-refractivity contribution in [3.05, 3.63) is 0 Å². The second-order valence-electron chi connectivity index (χ2n) is 2.53. The fraction of sp³-hybridized carbons (Fsp3) is 0.571. The molecule has 0 aromatic rings. The summed E-state index contributed by atoms with van der Waals surface area (Å²) in [6.07, 6.45) is -0.299. The fourth-order valence-electron chi connectivity index (χ4n) is 0.874. The lowest BCUT2D eigenvalue weighted by molar-refractivity contribution is -0.126. The molecule has 1 rings (SSSR count). The molecular formula is C7H10N2O3. The van der Waals surface area contributed by atoms with E-state index in [0.29, 0.717) is 0 Å². The summed E-state index contributed by atoms with van der Waals surface area (Å²) in [4.78, 5) is 26.4.